The molecule has 0 fully saturated rings. The van der Waals surface area contributed by atoms with E-state index in [4.69, 9.17) is 9.26 Å². The van der Waals surface area contributed by atoms with E-state index in [0.717, 1.165) is 17.7 Å². The summed E-state index contributed by atoms with van der Waals surface area (Å²) in [6.07, 6.45) is 3.23. The maximum Gasteiger partial charge on any atom is 0.227 e. The summed E-state index contributed by atoms with van der Waals surface area (Å²) in [5.74, 6) is 2.24. The van der Waals surface area contributed by atoms with Crippen LogP contribution in [0.3, 0.4) is 0 Å². The van der Waals surface area contributed by atoms with Gasteiger partial charge >= 0.3 is 0 Å². The number of carbonyl (C=O) groups excluding carboxylic acids is 1. The van der Waals surface area contributed by atoms with Crippen molar-refractivity contribution >= 4 is 11.7 Å². The first-order chi connectivity index (χ1) is 13.1. The van der Waals surface area contributed by atoms with Gasteiger partial charge < -0.3 is 14.6 Å². The topological polar surface area (TPSA) is 95.1 Å². The summed E-state index contributed by atoms with van der Waals surface area (Å²) in [5, 5.41) is 11.1. The third kappa shape index (κ3) is 4.52. The molecule has 8 heteroatoms. The number of nitrogens with one attached hydrogen (secondary N) is 1. The minimum atomic E-state index is -0.121. The molecule has 0 aliphatic carbocycles. The minimum absolute atomic E-state index is 0.121. The van der Waals surface area contributed by atoms with Gasteiger partial charge in [0.2, 0.25) is 17.6 Å². The molecule has 1 amide bonds. The van der Waals surface area contributed by atoms with Gasteiger partial charge in [0.1, 0.15) is 11.6 Å². The average Bonchev–Trinajstić information content (AvgIpc) is 3.35. The van der Waals surface area contributed by atoms with Crippen LogP contribution < -0.4 is 10.1 Å². The van der Waals surface area contributed by atoms with E-state index in [9.17, 15) is 4.79 Å². The highest BCUT2D eigenvalue weighted by atomic mass is 16.5. The Balaban J connectivity index is 1.56. The number of aromatic nitrogens is 4. The molecule has 3 aromatic rings. The predicted octanol–water partition coefficient (Wildman–Crippen LogP) is 3.48. The molecule has 0 aliphatic rings. The van der Waals surface area contributed by atoms with Gasteiger partial charge in [-0.15, -0.1) is 0 Å². The summed E-state index contributed by atoms with van der Waals surface area (Å²) < 4.78 is 12.2. The number of anilines is 1. The van der Waals surface area contributed by atoms with Gasteiger partial charge in [-0.05, 0) is 37.6 Å². The highest BCUT2D eigenvalue weighted by Crippen LogP contribution is 2.20. The van der Waals surface area contributed by atoms with E-state index in [1.54, 1.807) is 19.4 Å². The van der Waals surface area contributed by atoms with Crippen molar-refractivity contribution in [1.82, 2.24) is 19.9 Å². The SMILES string of the molecule is CCC(C)n1nccc1NC(=O)CCc1nc(-c2ccc(OC)cc2)no1. The Bertz CT molecular complexity index is 885. The van der Waals surface area contributed by atoms with E-state index < -0.39 is 0 Å². The summed E-state index contributed by atoms with van der Waals surface area (Å²) in [7, 11) is 1.61. The number of hydrogen-bond acceptors (Lipinski definition) is 6. The molecule has 27 heavy (non-hydrogen) atoms. The van der Waals surface area contributed by atoms with E-state index in [0.29, 0.717) is 24.0 Å². The zero-order valence-corrected chi connectivity index (χ0v) is 15.7. The molecular formula is C19H23N5O3. The third-order valence-corrected chi connectivity index (χ3v) is 4.33. The van der Waals surface area contributed by atoms with Crippen LogP contribution in [0, 0.1) is 0 Å². The molecule has 142 valence electrons. The molecule has 0 bridgehead atoms. The van der Waals surface area contributed by atoms with Crippen LogP contribution in [0.2, 0.25) is 0 Å². The first-order valence-electron chi connectivity index (χ1n) is 8.91. The lowest BCUT2D eigenvalue weighted by Crippen LogP contribution is -2.17. The predicted molar refractivity (Wildman–Crippen MR) is 100 cm³/mol. The van der Waals surface area contributed by atoms with Crippen LogP contribution in [0.1, 0.15) is 38.6 Å². The number of ether oxygens (including phenoxy) is 1. The zero-order valence-electron chi connectivity index (χ0n) is 15.7. The van der Waals surface area contributed by atoms with Crippen LogP contribution in [0.15, 0.2) is 41.1 Å². The summed E-state index contributed by atoms with van der Waals surface area (Å²) in [4.78, 5) is 16.6. The Morgan fingerprint density at radius 2 is 2.07 bits per heavy atom. The lowest BCUT2D eigenvalue weighted by molar-refractivity contribution is -0.116. The van der Waals surface area contributed by atoms with Gasteiger partial charge in [0.25, 0.3) is 0 Å². The van der Waals surface area contributed by atoms with E-state index in [1.165, 1.54) is 0 Å². The van der Waals surface area contributed by atoms with Gasteiger partial charge in [-0.3, -0.25) is 4.79 Å². The van der Waals surface area contributed by atoms with Crippen molar-refractivity contribution < 1.29 is 14.1 Å². The first-order valence-corrected chi connectivity index (χ1v) is 8.91. The lowest BCUT2D eigenvalue weighted by Gasteiger charge is -2.13. The Morgan fingerprint density at radius 1 is 1.30 bits per heavy atom. The van der Waals surface area contributed by atoms with Gasteiger partial charge in [0.05, 0.1) is 19.3 Å². The molecule has 3 rings (SSSR count). The van der Waals surface area contributed by atoms with Crippen molar-refractivity contribution in [2.45, 2.75) is 39.2 Å². The van der Waals surface area contributed by atoms with Crippen molar-refractivity contribution in [3.63, 3.8) is 0 Å². The highest BCUT2D eigenvalue weighted by Gasteiger charge is 2.14. The number of nitrogens with zero attached hydrogens (tertiary/aromatic N) is 4. The summed E-state index contributed by atoms with van der Waals surface area (Å²) in [6, 6.07) is 9.39. The number of carbonyl (C=O) groups is 1. The molecule has 0 saturated heterocycles. The van der Waals surface area contributed by atoms with E-state index >= 15 is 0 Å². The molecule has 0 saturated carbocycles. The highest BCUT2D eigenvalue weighted by molar-refractivity contribution is 5.89. The number of hydrogen-bond donors (Lipinski definition) is 1. The normalized spacial score (nSPS) is 12.0. The zero-order chi connectivity index (χ0) is 19.2. The third-order valence-electron chi connectivity index (χ3n) is 4.33. The van der Waals surface area contributed by atoms with Crippen LogP contribution in [-0.4, -0.2) is 32.9 Å². The Labute approximate surface area is 157 Å². The minimum Gasteiger partial charge on any atom is -0.497 e. The van der Waals surface area contributed by atoms with Crippen molar-refractivity contribution in [3.05, 3.63) is 42.4 Å². The van der Waals surface area contributed by atoms with E-state index in [1.807, 2.05) is 28.9 Å². The Hall–Kier alpha value is -3.16. The fourth-order valence-corrected chi connectivity index (χ4v) is 2.58. The van der Waals surface area contributed by atoms with Crippen molar-refractivity contribution in [2.75, 3.05) is 12.4 Å². The lowest BCUT2D eigenvalue weighted by atomic mass is 10.2. The molecule has 0 aliphatic heterocycles. The Kier molecular flexibility index (Phi) is 5.85. The molecule has 1 unspecified atom stereocenters. The van der Waals surface area contributed by atoms with E-state index in [2.05, 4.69) is 34.4 Å². The van der Waals surface area contributed by atoms with Gasteiger partial charge in [-0.2, -0.15) is 10.1 Å². The number of aryl methyl sites for hydroxylation is 1. The number of benzene rings is 1. The smallest absolute Gasteiger partial charge is 0.227 e. The van der Waals surface area contributed by atoms with Crippen LogP contribution in [0.25, 0.3) is 11.4 Å². The molecule has 2 heterocycles. The molecule has 2 aromatic heterocycles. The molecule has 0 radical (unpaired) electrons. The van der Waals surface area contributed by atoms with Crippen molar-refractivity contribution in [1.29, 1.82) is 0 Å². The molecule has 0 spiro atoms. The number of amides is 1. The van der Waals surface area contributed by atoms with E-state index in [-0.39, 0.29) is 18.4 Å². The van der Waals surface area contributed by atoms with Gasteiger partial charge in [0.15, 0.2) is 0 Å². The fraction of sp³-hybridized carbons (Fsp3) is 0.368. The number of rotatable bonds is 8. The monoisotopic (exact) mass is 369 g/mol. The van der Waals surface area contributed by atoms with Gasteiger partial charge in [-0.1, -0.05) is 12.1 Å². The second kappa shape index (κ2) is 8.48. The molecule has 1 N–H and O–H groups in total. The maximum atomic E-state index is 12.2. The first kappa shape index (κ1) is 18.6. The van der Waals surface area contributed by atoms with Gasteiger partial charge in [-0.25, -0.2) is 4.68 Å². The van der Waals surface area contributed by atoms with Crippen LogP contribution in [0.4, 0.5) is 5.82 Å². The van der Waals surface area contributed by atoms with Crippen LogP contribution in [0.5, 0.6) is 5.75 Å². The van der Waals surface area contributed by atoms with Crippen LogP contribution >= 0.6 is 0 Å². The molecule has 1 aromatic carbocycles. The summed E-state index contributed by atoms with van der Waals surface area (Å²) in [5.41, 5.74) is 0.827. The Morgan fingerprint density at radius 3 is 2.78 bits per heavy atom. The second-order valence-electron chi connectivity index (χ2n) is 6.21. The maximum absolute atomic E-state index is 12.2. The quantitative estimate of drug-likeness (QED) is 0.653. The fourth-order valence-electron chi connectivity index (χ4n) is 2.58. The van der Waals surface area contributed by atoms with Crippen molar-refractivity contribution in [3.8, 4) is 17.1 Å². The molecule has 8 nitrogen and oxygen atoms in total. The largest absolute Gasteiger partial charge is 0.497 e. The van der Waals surface area contributed by atoms with Crippen molar-refractivity contribution in [2.24, 2.45) is 0 Å². The second-order valence-corrected chi connectivity index (χ2v) is 6.21. The summed E-state index contributed by atoms with van der Waals surface area (Å²) >= 11 is 0. The van der Waals surface area contributed by atoms with Crippen LogP contribution in [-0.2, 0) is 11.2 Å². The average molecular weight is 369 g/mol. The number of methoxy groups -OCH3 is 1. The summed E-state index contributed by atoms with van der Waals surface area (Å²) in [6.45, 7) is 4.13. The molecular weight excluding hydrogens is 346 g/mol. The van der Waals surface area contributed by atoms with Gasteiger partial charge in [0, 0.05) is 24.5 Å². The standard InChI is InChI=1S/C19H23N5O3/c1-4-13(2)24-16(11-12-20-24)21-17(25)9-10-18-22-19(23-27-18)14-5-7-15(26-3)8-6-14/h5-8,11-13H,4,9-10H2,1-3H3,(H,21,25). The molecule has 1 atom stereocenters.